The second-order valence-corrected chi connectivity index (χ2v) is 6.42. The molecule has 1 aromatic carbocycles. The van der Waals surface area contributed by atoms with Crippen molar-refractivity contribution in [2.45, 2.75) is 18.9 Å². The highest BCUT2D eigenvalue weighted by atomic mass is 35.5. The van der Waals surface area contributed by atoms with E-state index in [0.29, 0.717) is 0 Å². The predicted octanol–water partition coefficient (Wildman–Crippen LogP) is 3.53. The van der Waals surface area contributed by atoms with E-state index in [1.165, 1.54) is 0 Å². The number of carbonyl (C=O) groups excluding carboxylic acids is 1. The Morgan fingerprint density at radius 3 is 2.60 bits per heavy atom. The van der Waals surface area contributed by atoms with Crippen molar-refractivity contribution in [1.82, 2.24) is 5.32 Å². The molecule has 0 aliphatic carbocycles. The minimum atomic E-state index is -0.601. The minimum absolute atomic E-state index is 0.00483. The van der Waals surface area contributed by atoms with Gasteiger partial charge >= 0.3 is 0 Å². The molecule has 0 spiro atoms. The van der Waals surface area contributed by atoms with Gasteiger partial charge in [-0.2, -0.15) is 11.8 Å². The quantitative estimate of drug-likeness (QED) is 0.677. The van der Waals surface area contributed by atoms with Gasteiger partial charge in [-0.25, -0.2) is 0 Å². The molecule has 1 fully saturated rings. The average molecular weight is 335 g/mol. The number of nitro benzene ring substituents is 1. The number of nitro groups is 1. The van der Waals surface area contributed by atoms with Crippen LogP contribution in [-0.2, 0) is 0 Å². The molecule has 0 bridgehead atoms. The van der Waals surface area contributed by atoms with E-state index in [1.54, 1.807) is 0 Å². The number of nitrogens with one attached hydrogen (secondary N) is 1. The lowest BCUT2D eigenvalue weighted by Gasteiger charge is -2.22. The van der Waals surface area contributed by atoms with Crippen LogP contribution in [0.15, 0.2) is 12.1 Å². The summed E-state index contributed by atoms with van der Waals surface area (Å²) in [5, 5.41) is 13.7. The van der Waals surface area contributed by atoms with Gasteiger partial charge in [0.2, 0.25) is 0 Å². The molecule has 8 heteroatoms. The molecular weight excluding hydrogens is 323 g/mol. The van der Waals surface area contributed by atoms with E-state index in [4.69, 9.17) is 23.2 Å². The number of non-ortho nitro benzene ring substituents is 1. The van der Waals surface area contributed by atoms with Gasteiger partial charge in [0.25, 0.3) is 11.6 Å². The molecular formula is C12H12Cl2N2O3S. The minimum Gasteiger partial charge on any atom is -0.349 e. The van der Waals surface area contributed by atoms with Gasteiger partial charge in [-0.05, 0) is 24.3 Å². The summed E-state index contributed by atoms with van der Waals surface area (Å²) in [6.45, 7) is 0. The van der Waals surface area contributed by atoms with Crippen LogP contribution in [0.2, 0.25) is 10.0 Å². The van der Waals surface area contributed by atoms with E-state index in [1.807, 2.05) is 11.8 Å². The molecule has 1 heterocycles. The molecule has 2 rings (SSSR count). The van der Waals surface area contributed by atoms with Gasteiger partial charge < -0.3 is 5.32 Å². The number of rotatable bonds is 3. The van der Waals surface area contributed by atoms with Crippen LogP contribution >= 0.6 is 35.0 Å². The van der Waals surface area contributed by atoms with Crippen LogP contribution < -0.4 is 5.32 Å². The Morgan fingerprint density at radius 1 is 1.35 bits per heavy atom. The molecule has 0 aromatic heterocycles. The summed E-state index contributed by atoms with van der Waals surface area (Å²) in [5.74, 6) is 1.57. The molecule has 0 unspecified atom stereocenters. The topological polar surface area (TPSA) is 72.2 Å². The van der Waals surface area contributed by atoms with E-state index in [-0.39, 0.29) is 27.3 Å². The summed E-state index contributed by atoms with van der Waals surface area (Å²) in [5.41, 5.74) is -0.201. The first-order chi connectivity index (χ1) is 9.49. The van der Waals surface area contributed by atoms with Crippen LogP contribution in [0.25, 0.3) is 0 Å². The summed E-state index contributed by atoms with van der Waals surface area (Å²) in [6.07, 6.45) is 1.77. The molecule has 5 nitrogen and oxygen atoms in total. The molecule has 0 radical (unpaired) electrons. The lowest BCUT2D eigenvalue weighted by atomic mass is 10.1. The largest absolute Gasteiger partial charge is 0.349 e. The van der Waals surface area contributed by atoms with E-state index < -0.39 is 10.8 Å². The first kappa shape index (κ1) is 15.4. The zero-order valence-corrected chi connectivity index (χ0v) is 12.7. The number of halogens is 2. The van der Waals surface area contributed by atoms with Gasteiger partial charge in [0.1, 0.15) is 0 Å². The Labute approximate surface area is 130 Å². The lowest BCUT2D eigenvalue weighted by Crippen LogP contribution is -2.37. The van der Waals surface area contributed by atoms with Crippen molar-refractivity contribution in [1.29, 1.82) is 0 Å². The van der Waals surface area contributed by atoms with Crippen molar-refractivity contribution >= 4 is 46.6 Å². The summed E-state index contributed by atoms with van der Waals surface area (Å²) >= 11 is 13.6. The van der Waals surface area contributed by atoms with Crippen LogP contribution in [0.1, 0.15) is 23.2 Å². The number of benzene rings is 1. The first-order valence-corrected chi connectivity index (χ1v) is 7.92. The second-order valence-electron chi connectivity index (χ2n) is 4.41. The smallest absolute Gasteiger partial charge is 0.271 e. The molecule has 0 atom stereocenters. The van der Waals surface area contributed by atoms with E-state index in [0.717, 1.165) is 36.5 Å². The summed E-state index contributed by atoms with van der Waals surface area (Å²) in [6, 6.07) is 2.37. The van der Waals surface area contributed by atoms with Gasteiger partial charge in [-0.1, -0.05) is 23.2 Å². The third kappa shape index (κ3) is 3.56. The average Bonchev–Trinajstić information content (AvgIpc) is 2.42. The van der Waals surface area contributed by atoms with Crippen LogP contribution in [0.3, 0.4) is 0 Å². The van der Waals surface area contributed by atoms with Gasteiger partial charge in [-0.3, -0.25) is 14.9 Å². The number of nitrogens with zero attached hydrogens (tertiary/aromatic N) is 1. The van der Waals surface area contributed by atoms with E-state index in [2.05, 4.69) is 5.32 Å². The molecule has 1 aliphatic rings. The number of hydrogen-bond donors (Lipinski definition) is 1. The number of thioether (sulfide) groups is 1. The van der Waals surface area contributed by atoms with E-state index in [9.17, 15) is 14.9 Å². The van der Waals surface area contributed by atoms with Gasteiger partial charge in [0.05, 0.1) is 20.5 Å². The maximum Gasteiger partial charge on any atom is 0.271 e. The molecule has 1 aliphatic heterocycles. The maximum absolute atomic E-state index is 12.2. The fourth-order valence-corrected chi connectivity index (χ4v) is 3.47. The molecule has 1 amide bonds. The van der Waals surface area contributed by atoms with Crippen molar-refractivity contribution in [3.8, 4) is 0 Å². The Bertz CT molecular complexity index is 548. The van der Waals surface area contributed by atoms with E-state index >= 15 is 0 Å². The maximum atomic E-state index is 12.2. The fraction of sp³-hybridized carbons (Fsp3) is 0.417. The SMILES string of the molecule is O=C(NC1CCSCC1)c1cc([N+](=O)[O-])cc(Cl)c1Cl. The number of hydrogen-bond acceptors (Lipinski definition) is 4. The third-order valence-corrected chi connectivity index (χ3v) is 4.88. The van der Waals surface area contributed by atoms with Crippen LogP contribution in [0.4, 0.5) is 5.69 Å². The Kier molecular flexibility index (Phi) is 5.12. The summed E-state index contributed by atoms with van der Waals surface area (Å²) in [7, 11) is 0. The van der Waals surface area contributed by atoms with Crippen molar-refractivity contribution in [2.75, 3.05) is 11.5 Å². The Hall–Kier alpha value is -0.980. The molecule has 20 heavy (non-hydrogen) atoms. The normalized spacial score (nSPS) is 15.9. The molecule has 1 aromatic rings. The molecule has 108 valence electrons. The van der Waals surface area contributed by atoms with Gasteiger partial charge in [0.15, 0.2) is 0 Å². The van der Waals surface area contributed by atoms with Gasteiger partial charge in [-0.15, -0.1) is 0 Å². The standard InChI is InChI=1S/C12H12Cl2N2O3S/c13-10-6-8(16(18)19)5-9(11(10)14)12(17)15-7-1-3-20-4-2-7/h5-7H,1-4H2,(H,15,17). The van der Waals surface area contributed by atoms with Crippen LogP contribution in [0.5, 0.6) is 0 Å². The predicted molar refractivity (Wildman–Crippen MR) is 80.9 cm³/mol. The van der Waals surface area contributed by atoms with Crippen molar-refractivity contribution in [3.05, 3.63) is 37.9 Å². The van der Waals surface area contributed by atoms with Crippen molar-refractivity contribution in [2.24, 2.45) is 0 Å². The zero-order valence-electron chi connectivity index (χ0n) is 10.4. The summed E-state index contributed by atoms with van der Waals surface area (Å²) in [4.78, 5) is 22.4. The zero-order chi connectivity index (χ0) is 14.7. The highest BCUT2D eigenvalue weighted by Gasteiger charge is 2.22. The molecule has 0 saturated carbocycles. The molecule has 1 N–H and O–H groups in total. The third-order valence-electron chi connectivity index (χ3n) is 3.02. The molecule has 1 saturated heterocycles. The Morgan fingerprint density at radius 2 is 2.00 bits per heavy atom. The fourth-order valence-electron chi connectivity index (χ4n) is 1.95. The number of carbonyl (C=O) groups is 1. The van der Waals surface area contributed by atoms with Crippen LogP contribution in [-0.4, -0.2) is 28.4 Å². The highest BCUT2D eigenvalue weighted by molar-refractivity contribution is 7.99. The monoisotopic (exact) mass is 334 g/mol. The van der Waals surface area contributed by atoms with Gasteiger partial charge in [0, 0.05) is 18.2 Å². The van der Waals surface area contributed by atoms with Crippen LogP contribution in [0, 0.1) is 10.1 Å². The highest BCUT2D eigenvalue weighted by Crippen LogP contribution is 2.31. The second kappa shape index (κ2) is 6.65. The number of amides is 1. The van der Waals surface area contributed by atoms with Crippen molar-refractivity contribution < 1.29 is 9.72 Å². The first-order valence-electron chi connectivity index (χ1n) is 6.01. The lowest BCUT2D eigenvalue weighted by molar-refractivity contribution is -0.384. The Balaban J connectivity index is 2.21. The van der Waals surface area contributed by atoms with Crippen molar-refractivity contribution in [3.63, 3.8) is 0 Å². The summed E-state index contributed by atoms with van der Waals surface area (Å²) < 4.78 is 0.